The normalized spacial score (nSPS) is 15.9. The van der Waals surface area contributed by atoms with Gasteiger partial charge in [-0.25, -0.2) is 9.98 Å². The number of benzene rings is 1. The number of likely N-dealkylation sites (tertiary alicyclic amines) is 1. The molecule has 0 spiro atoms. The van der Waals surface area contributed by atoms with Crippen LogP contribution in [0.25, 0.3) is 0 Å². The van der Waals surface area contributed by atoms with Crippen LogP contribution in [0.1, 0.15) is 47.3 Å². The summed E-state index contributed by atoms with van der Waals surface area (Å²) in [6.07, 6.45) is 3.62. The van der Waals surface area contributed by atoms with Crippen LogP contribution >= 0.6 is 11.3 Å². The minimum atomic E-state index is 0.395. The van der Waals surface area contributed by atoms with Gasteiger partial charge in [0, 0.05) is 44.2 Å². The van der Waals surface area contributed by atoms with E-state index in [1.807, 2.05) is 6.92 Å². The number of guanidine groups is 1. The van der Waals surface area contributed by atoms with E-state index in [0.717, 1.165) is 75.3 Å². The number of aliphatic imine (C=N–C) groups is 1. The molecule has 2 aromatic rings. The van der Waals surface area contributed by atoms with Crippen molar-refractivity contribution in [3.05, 3.63) is 51.5 Å². The molecule has 0 amide bonds. The third-order valence-corrected chi connectivity index (χ3v) is 6.53. The molecule has 7 heteroatoms. The van der Waals surface area contributed by atoms with Crippen LogP contribution in [-0.4, -0.2) is 54.7 Å². The molecule has 2 heterocycles. The zero-order valence-electron chi connectivity index (χ0n) is 19.2. The number of hydrogen-bond acceptors (Lipinski definition) is 5. The highest BCUT2D eigenvalue weighted by Crippen LogP contribution is 2.18. The number of ether oxygens (including phenoxy) is 1. The lowest BCUT2D eigenvalue weighted by Gasteiger charge is -2.32. The minimum absolute atomic E-state index is 0.395. The second kappa shape index (κ2) is 12.8. The summed E-state index contributed by atoms with van der Waals surface area (Å²) in [5.41, 5.74) is 2.48. The summed E-state index contributed by atoms with van der Waals surface area (Å²) in [5.74, 6) is 0.863. The van der Waals surface area contributed by atoms with Gasteiger partial charge >= 0.3 is 0 Å². The van der Waals surface area contributed by atoms with Crippen LogP contribution < -0.4 is 10.6 Å². The number of nitrogens with one attached hydrogen (secondary N) is 2. The number of nitrogens with zero attached hydrogens (tertiary/aromatic N) is 3. The van der Waals surface area contributed by atoms with Gasteiger partial charge in [-0.2, -0.15) is 0 Å². The van der Waals surface area contributed by atoms with E-state index >= 15 is 0 Å². The van der Waals surface area contributed by atoms with Crippen molar-refractivity contribution < 1.29 is 4.74 Å². The Hall–Kier alpha value is -1.96. The van der Waals surface area contributed by atoms with Crippen molar-refractivity contribution in [3.63, 3.8) is 0 Å². The van der Waals surface area contributed by atoms with Gasteiger partial charge in [-0.3, -0.25) is 4.90 Å². The summed E-state index contributed by atoms with van der Waals surface area (Å²) < 4.78 is 6.14. The zero-order valence-corrected chi connectivity index (χ0v) is 20.0. The summed E-state index contributed by atoms with van der Waals surface area (Å²) in [5, 5.41) is 7.85. The van der Waals surface area contributed by atoms with Gasteiger partial charge in [0.25, 0.3) is 0 Å². The molecule has 0 radical (unpaired) electrons. The maximum atomic E-state index is 6.14. The maximum absolute atomic E-state index is 6.14. The van der Waals surface area contributed by atoms with Crippen LogP contribution in [0.5, 0.6) is 0 Å². The van der Waals surface area contributed by atoms with E-state index < -0.39 is 0 Å². The molecule has 1 aromatic carbocycles. The molecule has 0 bridgehead atoms. The molecular weight excluding hydrogens is 406 g/mol. The molecule has 1 fully saturated rings. The topological polar surface area (TPSA) is 61.8 Å². The van der Waals surface area contributed by atoms with Crippen molar-refractivity contribution in [2.24, 2.45) is 4.99 Å². The smallest absolute Gasteiger partial charge is 0.191 e. The number of piperidine rings is 1. The molecule has 1 aliphatic rings. The first-order chi connectivity index (χ1) is 15.1. The van der Waals surface area contributed by atoms with Gasteiger partial charge in [0.1, 0.15) is 0 Å². The van der Waals surface area contributed by atoms with Crippen LogP contribution in [0.2, 0.25) is 0 Å². The van der Waals surface area contributed by atoms with E-state index in [0.29, 0.717) is 12.6 Å². The van der Waals surface area contributed by atoms with Gasteiger partial charge in [0.05, 0.1) is 23.4 Å². The molecule has 31 heavy (non-hydrogen) atoms. The van der Waals surface area contributed by atoms with Gasteiger partial charge in [-0.15, -0.1) is 11.3 Å². The Morgan fingerprint density at radius 1 is 1.19 bits per heavy atom. The fourth-order valence-electron chi connectivity index (χ4n) is 3.82. The van der Waals surface area contributed by atoms with Crippen molar-refractivity contribution in [2.45, 2.75) is 59.2 Å². The van der Waals surface area contributed by atoms with E-state index in [9.17, 15) is 0 Å². The minimum Gasteiger partial charge on any atom is -0.378 e. The molecule has 0 aliphatic carbocycles. The molecule has 6 nitrogen and oxygen atoms in total. The van der Waals surface area contributed by atoms with E-state index in [2.05, 4.69) is 64.7 Å². The first-order valence-corrected chi connectivity index (χ1v) is 12.3. The Morgan fingerprint density at radius 2 is 1.97 bits per heavy atom. The fraction of sp³-hybridized carbons (Fsp3) is 0.583. The first kappa shape index (κ1) is 23.7. The fourth-order valence-corrected chi connectivity index (χ4v) is 4.68. The molecule has 1 aromatic heterocycles. The van der Waals surface area contributed by atoms with Crippen molar-refractivity contribution in [3.8, 4) is 0 Å². The predicted octanol–water partition coefficient (Wildman–Crippen LogP) is 3.89. The predicted molar refractivity (Wildman–Crippen MR) is 130 cm³/mol. The average molecular weight is 444 g/mol. The highest BCUT2D eigenvalue weighted by atomic mass is 32.1. The molecule has 170 valence electrons. The summed E-state index contributed by atoms with van der Waals surface area (Å²) in [6.45, 7) is 12.6. The third-order valence-electron chi connectivity index (χ3n) is 5.48. The SMILES string of the molecule is CCNC(=NCc1sc(C)nc1C)NCCCOC1CCN(Cc2ccccc2)CC1. The Labute approximate surface area is 191 Å². The third kappa shape index (κ3) is 8.24. The number of hydrogen-bond donors (Lipinski definition) is 2. The van der Waals surface area contributed by atoms with Crippen LogP contribution in [0.15, 0.2) is 35.3 Å². The number of thiazole rings is 1. The molecule has 0 saturated carbocycles. The van der Waals surface area contributed by atoms with Crippen LogP contribution in [0, 0.1) is 13.8 Å². The van der Waals surface area contributed by atoms with Gasteiger partial charge in [0.15, 0.2) is 5.96 Å². The van der Waals surface area contributed by atoms with Crippen LogP contribution in [0.3, 0.4) is 0 Å². The van der Waals surface area contributed by atoms with E-state index in [4.69, 9.17) is 9.73 Å². The Morgan fingerprint density at radius 3 is 2.65 bits per heavy atom. The number of aryl methyl sites for hydroxylation is 2. The average Bonchev–Trinajstić information content (AvgIpc) is 3.10. The second-order valence-corrected chi connectivity index (χ2v) is 9.34. The zero-order chi connectivity index (χ0) is 21.9. The lowest BCUT2D eigenvalue weighted by atomic mass is 10.1. The molecule has 3 rings (SSSR count). The molecule has 2 N–H and O–H groups in total. The molecule has 1 saturated heterocycles. The summed E-state index contributed by atoms with van der Waals surface area (Å²) >= 11 is 1.73. The largest absolute Gasteiger partial charge is 0.378 e. The number of rotatable bonds is 10. The molecular formula is C24H37N5OS. The lowest BCUT2D eigenvalue weighted by Crippen LogP contribution is -2.38. The molecule has 1 aliphatic heterocycles. The van der Waals surface area contributed by atoms with Crippen molar-refractivity contribution in [2.75, 3.05) is 32.8 Å². The summed E-state index contributed by atoms with van der Waals surface area (Å²) in [7, 11) is 0. The summed E-state index contributed by atoms with van der Waals surface area (Å²) in [4.78, 5) is 12.9. The van der Waals surface area contributed by atoms with Crippen molar-refractivity contribution in [1.29, 1.82) is 0 Å². The van der Waals surface area contributed by atoms with E-state index in [1.165, 1.54) is 10.4 Å². The number of aromatic nitrogens is 1. The molecule has 0 atom stereocenters. The lowest BCUT2D eigenvalue weighted by molar-refractivity contribution is 0.00534. The monoisotopic (exact) mass is 443 g/mol. The Kier molecular flexibility index (Phi) is 9.78. The van der Waals surface area contributed by atoms with Crippen LogP contribution in [-0.2, 0) is 17.8 Å². The Balaban J connectivity index is 1.30. The maximum Gasteiger partial charge on any atom is 0.191 e. The van der Waals surface area contributed by atoms with Gasteiger partial charge in [-0.1, -0.05) is 30.3 Å². The van der Waals surface area contributed by atoms with Gasteiger partial charge in [0.2, 0.25) is 0 Å². The standard InChI is InChI=1S/C24H37N5OS/c1-4-25-24(27-17-23-19(2)28-20(3)31-23)26-13-8-16-30-22-11-14-29(15-12-22)18-21-9-6-5-7-10-21/h5-7,9-10,22H,4,8,11-18H2,1-3H3,(H2,25,26,27). The summed E-state index contributed by atoms with van der Waals surface area (Å²) in [6, 6.07) is 10.7. The van der Waals surface area contributed by atoms with E-state index in [1.54, 1.807) is 11.3 Å². The van der Waals surface area contributed by atoms with Crippen molar-refractivity contribution >= 4 is 17.3 Å². The second-order valence-electron chi connectivity index (χ2n) is 8.05. The van der Waals surface area contributed by atoms with E-state index in [-0.39, 0.29) is 0 Å². The highest BCUT2D eigenvalue weighted by Gasteiger charge is 2.19. The highest BCUT2D eigenvalue weighted by molar-refractivity contribution is 7.11. The quantitative estimate of drug-likeness (QED) is 0.331. The Bertz CT molecular complexity index is 800. The molecule has 0 unspecified atom stereocenters. The van der Waals surface area contributed by atoms with Gasteiger partial charge in [-0.05, 0) is 45.6 Å². The van der Waals surface area contributed by atoms with Gasteiger partial charge < -0.3 is 15.4 Å². The van der Waals surface area contributed by atoms with Crippen molar-refractivity contribution in [1.82, 2.24) is 20.5 Å². The van der Waals surface area contributed by atoms with Crippen LogP contribution in [0.4, 0.5) is 0 Å². The first-order valence-electron chi connectivity index (χ1n) is 11.5.